The molecule has 0 unspecified atom stereocenters. The third-order valence-electron chi connectivity index (χ3n) is 4.28. The molecule has 3 rings (SSSR count). The maximum absolute atomic E-state index is 5.72. The molecule has 0 aliphatic heterocycles. The Balaban J connectivity index is 2.19. The standard InChI is InChI=1S/C20H23N3O/c1-14-8-9-17(12-15(14)2)23-19(13-16(22-23)10-11-21)18-6-4-5-7-20(18)24-3/h4-9,12-13H,10-11,21H2,1-3H3. The second kappa shape index (κ2) is 6.89. The lowest BCUT2D eigenvalue weighted by Gasteiger charge is -2.12. The van der Waals surface area contributed by atoms with Crippen molar-refractivity contribution in [2.45, 2.75) is 20.3 Å². The van der Waals surface area contributed by atoms with Gasteiger partial charge in [0.25, 0.3) is 0 Å². The molecule has 4 nitrogen and oxygen atoms in total. The number of aromatic nitrogens is 2. The van der Waals surface area contributed by atoms with Gasteiger partial charge in [0.05, 0.1) is 24.2 Å². The van der Waals surface area contributed by atoms with E-state index in [-0.39, 0.29) is 0 Å². The van der Waals surface area contributed by atoms with Gasteiger partial charge >= 0.3 is 0 Å². The largest absolute Gasteiger partial charge is 0.496 e. The summed E-state index contributed by atoms with van der Waals surface area (Å²) in [5.41, 5.74) is 12.3. The summed E-state index contributed by atoms with van der Waals surface area (Å²) >= 11 is 0. The first-order chi connectivity index (χ1) is 11.6. The average Bonchev–Trinajstić information content (AvgIpc) is 3.01. The van der Waals surface area contributed by atoms with E-state index < -0.39 is 0 Å². The van der Waals surface area contributed by atoms with Gasteiger partial charge in [0.2, 0.25) is 0 Å². The van der Waals surface area contributed by atoms with E-state index >= 15 is 0 Å². The van der Waals surface area contributed by atoms with Crippen molar-refractivity contribution in [1.82, 2.24) is 9.78 Å². The van der Waals surface area contributed by atoms with E-state index in [9.17, 15) is 0 Å². The van der Waals surface area contributed by atoms with E-state index in [1.807, 2.05) is 22.9 Å². The number of hydrogen-bond donors (Lipinski definition) is 1. The summed E-state index contributed by atoms with van der Waals surface area (Å²) in [4.78, 5) is 0. The summed E-state index contributed by atoms with van der Waals surface area (Å²) in [5, 5.41) is 4.77. The maximum Gasteiger partial charge on any atom is 0.128 e. The van der Waals surface area contributed by atoms with Crippen LogP contribution in [0, 0.1) is 13.8 Å². The molecule has 0 fully saturated rings. The molecule has 0 saturated heterocycles. The monoisotopic (exact) mass is 321 g/mol. The molecule has 24 heavy (non-hydrogen) atoms. The van der Waals surface area contributed by atoms with Gasteiger partial charge in [-0.15, -0.1) is 0 Å². The van der Waals surface area contributed by atoms with Crippen LogP contribution in [-0.4, -0.2) is 23.4 Å². The van der Waals surface area contributed by atoms with E-state index in [2.05, 4.69) is 44.2 Å². The maximum atomic E-state index is 5.72. The van der Waals surface area contributed by atoms with Crippen LogP contribution in [0.4, 0.5) is 0 Å². The summed E-state index contributed by atoms with van der Waals surface area (Å²) in [6.45, 7) is 4.81. The van der Waals surface area contributed by atoms with Gasteiger partial charge in [-0.1, -0.05) is 18.2 Å². The highest BCUT2D eigenvalue weighted by atomic mass is 16.5. The molecule has 0 saturated carbocycles. The van der Waals surface area contributed by atoms with Crippen molar-refractivity contribution in [3.63, 3.8) is 0 Å². The lowest BCUT2D eigenvalue weighted by atomic mass is 10.1. The number of rotatable bonds is 5. The molecule has 2 N–H and O–H groups in total. The topological polar surface area (TPSA) is 53.1 Å². The molecule has 0 amide bonds. The second-order valence-corrected chi connectivity index (χ2v) is 5.94. The van der Waals surface area contributed by atoms with Crippen LogP contribution in [-0.2, 0) is 6.42 Å². The highest BCUT2D eigenvalue weighted by Crippen LogP contribution is 2.32. The van der Waals surface area contributed by atoms with Crippen LogP contribution in [0.2, 0.25) is 0 Å². The summed E-state index contributed by atoms with van der Waals surface area (Å²) in [6.07, 6.45) is 0.750. The van der Waals surface area contributed by atoms with Gasteiger partial charge in [0, 0.05) is 12.0 Å². The SMILES string of the molecule is COc1ccccc1-c1cc(CCN)nn1-c1ccc(C)c(C)c1. The fraction of sp³-hybridized carbons (Fsp3) is 0.250. The van der Waals surface area contributed by atoms with Gasteiger partial charge in [0.15, 0.2) is 0 Å². The molecule has 0 bridgehead atoms. The van der Waals surface area contributed by atoms with Crippen molar-refractivity contribution in [3.8, 4) is 22.7 Å². The van der Waals surface area contributed by atoms with Crippen LogP contribution in [0.1, 0.15) is 16.8 Å². The third kappa shape index (κ3) is 3.05. The highest BCUT2D eigenvalue weighted by Gasteiger charge is 2.15. The first kappa shape index (κ1) is 16.3. The number of aryl methyl sites for hydroxylation is 2. The number of nitrogens with zero attached hydrogens (tertiary/aromatic N) is 2. The first-order valence-electron chi connectivity index (χ1n) is 8.14. The third-order valence-corrected chi connectivity index (χ3v) is 4.28. The van der Waals surface area contributed by atoms with Crippen molar-refractivity contribution in [2.24, 2.45) is 5.73 Å². The summed E-state index contributed by atoms with van der Waals surface area (Å²) in [5.74, 6) is 0.835. The number of methoxy groups -OCH3 is 1. The Morgan fingerprint density at radius 3 is 2.54 bits per heavy atom. The van der Waals surface area contributed by atoms with Crippen molar-refractivity contribution >= 4 is 0 Å². The molecule has 0 aliphatic rings. The first-order valence-corrected chi connectivity index (χ1v) is 8.14. The molecule has 1 heterocycles. The summed E-state index contributed by atoms with van der Waals surface area (Å²) < 4.78 is 7.52. The molecular formula is C20H23N3O. The highest BCUT2D eigenvalue weighted by molar-refractivity contribution is 5.69. The van der Waals surface area contributed by atoms with Gasteiger partial charge < -0.3 is 10.5 Å². The Morgan fingerprint density at radius 2 is 1.83 bits per heavy atom. The average molecular weight is 321 g/mol. The molecule has 2 aromatic carbocycles. The number of hydrogen-bond acceptors (Lipinski definition) is 3. The molecule has 124 valence electrons. The van der Waals surface area contributed by atoms with Crippen molar-refractivity contribution in [2.75, 3.05) is 13.7 Å². The Bertz CT molecular complexity index is 852. The zero-order valence-corrected chi connectivity index (χ0v) is 14.4. The number of nitrogens with two attached hydrogens (primary N) is 1. The van der Waals surface area contributed by atoms with Crippen LogP contribution in [0.5, 0.6) is 5.75 Å². The fourth-order valence-corrected chi connectivity index (χ4v) is 2.80. The number of benzene rings is 2. The van der Waals surface area contributed by atoms with Gasteiger partial charge in [-0.3, -0.25) is 0 Å². The van der Waals surface area contributed by atoms with Crippen LogP contribution in [0.3, 0.4) is 0 Å². The molecule has 0 radical (unpaired) electrons. The molecule has 0 atom stereocenters. The second-order valence-electron chi connectivity index (χ2n) is 5.94. The lowest BCUT2D eigenvalue weighted by Crippen LogP contribution is -2.05. The summed E-state index contributed by atoms with van der Waals surface area (Å²) in [7, 11) is 1.69. The van der Waals surface area contributed by atoms with Crippen molar-refractivity contribution in [3.05, 3.63) is 65.4 Å². The molecule has 1 aromatic heterocycles. The van der Waals surface area contributed by atoms with Crippen LogP contribution in [0.15, 0.2) is 48.5 Å². The van der Waals surface area contributed by atoms with Crippen LogP contribution < -0.4 is 10.5 Å². The smallest absolute Gasteiger partial charge is 0.128 e. The minimum atomic E-state index is 0.579. The predicted octanol–water partition coefficient (Wildman–Crippen LogP) is 3.67. The van der Waals surface area contributed by atoms with E-state index in [4.69, 9.17) is 15.6 Å². The van der Waals surface area contributed by atoms with Crippen LogP contribution in [0.25, 0.3) is 16.9 Å². The zero-order chi connectivity index (χ0) is 17.1. The van der Waals surface area contributed by atoms with E-state index in [1.54, 1.807) is 7.11 Å². The van der Waals surface area contributed by atoms with Gasteiger partial charge in [-0.05, 0) is 61.9 Å². The Labute approximate surface area is 142 Å². The van der Waals surface area contributed by atoms with E-state index in [0.717, 1.165) is 34.8 Å². The van der Waals surface area contributed by atoms with Gasteiger partial charge in [-0.2, -0.15) is 5.10 Å². The molecule has 4 heteroatoms. The summed E-state index contributed by atoms with van der Waals surface area (Å²) in [6, 6.07) is 16.5. The molecular weight excluding hydrogens is 298 g/mol. The minimum Gasteiger partial charge on any atom is -0.496 e. The van der Waals surface area contributed by atoms with E-state index in [0.29, 0.717) is 6.54 Å². The van der Waals surface area contributed by atoms with Gasteiger partial charge in [-0.25, -0.2) is 4.68 Å². The molecule has 0 spiro atoms. The molecule has 0 aliphatic carbocycles. The molecule has 3 aromatic rings. The fourth-order valence-electron chi connectivity index (χ4n) is 2.80. The quantitative estimate of drug-likeness (QED) is 0.780. The zero-order valence-electron chi connectivity index (χ0n) is 14.4. The van der Waals surface area contributed by atoms with Crippen molar-refractivity contribution in [1.29, 1.82) is 0 Å². The van der Waals surface area contributed by atoms with Crippen molar-refractivity contribution < 1.29 is 4.74 Å². The Hall–Kier alpha value is -2.59. The lowest BCUT2D eigenvalue weighted by molar-refractivity contribution is 0.416. The number of para-hydroxylation sites is 1. The minimum absolute atomic E-state index is 0.579. The van der Waals surface area contributed by atoms with Crippen LogP contribution >= 0.6 is 0 Å². The Kier molecular flexibility index (Phi) is 4.67. The van der Waals surface area contributed by atoms with Gasteiger partial charge in [0.1, 0.15) is 5.75 Å². The number of ether oxygens (including phenoxy) is 1. The normalized spacial score (nSPS) is 10.8. The Morgan fingerprint density at radius 1 is 1.04 bits per heavy atom. The van der Waals surface area contributed by atoms with E-state index in [1.165, 1.54) is 11.1 Å². The predicted molar refractivity (Wildman–Crippen MR) is 97.8 cm³/mol.